The highest BCUT2D eigenvalue weighted by atomic mass is 16.6. The Hall–Kier alpha value is -2.81. The van der Waals surface area contributed by atoms with E-state index in [1.807, 2.05) is 0 Å². The van der Waals surface area contributed by atoms with Crippen molar-refractivity contribution < 1.29 is 33.9 Å². The number of nitrogens with zero attached hydrogens (tertiary/aromatic N) is 1. The number of benzene rings is 1. The van der Waals surface area contributed by atoms with Gasteiger partial charge in [0, 0.05) is 24.5 Å². The van der Waals surface area contributed by atoms with Gasteiger partial charge < -0.3 is 14.6 Å². The molecule has 9 nitrogen and oxygen atoms in total. The summed E-state index contributed by atoms with van der Waals surface area (Å²) in [5.74, 6) is -6.14. The van der Waals surface area contributed by atoms with E-state index in [-0.39, 0.29) is 11.3 Å². The van der Waals surface area contributed by atoms with Gasteiger partial charge in [0.15, 0.2) is 5.78 Å². The Labute approximate surface area is 149 Å². The number of Topliss-reactive ketones (excluding diaryl/α,β-unsaturated/α-hetero) is 1. The molecule has 1 aliphatic carbocycles. The van der Waals surface area contributed by atoms with Crippen molar-refractivity contribution in [2.24, 2.45) is 11.8 Å². The lowest BCUT2D eigenvalue weighted by Gasteiger charge is -2.43. The van der Waals surface area contributed by atoms with Crippen molar-refractivity contribution in [2.75, 3.05) is 14.2 Å². The Morgan fingerprint density at radius 2 is 1.88 bits per heavy atom. The molecule has 1 fully saturated rings. The molecule has 1 aromatic rings. The molecule has 26 heavy (non-hydrogen) atoms. The number of aliphatic hydroxyl groups is 1. The highest BCUT2D eigenvalue weighted by Gasteiger charge is 2.57. The van der Waals surface area contributed by atoms with Crippen LogP contribution in [0.2, 0.25) is 0 Å². The Morgan fingerprint density at radius 1 is 1.27 bits per heavy atom. The second-order valence-corrected chi connectivity index (χ2v) is 6.38. The minimum atomic E-state index is -1.79. The monoisotopic (exact) mass is 365 g/mol. The number of carbonyl (C=O) groups is 3. The van der Waals surface area contributed by atoms with Crippen LogP contribution >= 0.6 is 0 Å². The van der Waals surface area contributed by atoms with Gasteiger partial charge in [0.1, 0.15) is 5.92 Å². The lowest BCUT2D eigenvalue weighted by Crippen LogP contribution is -2.55. The van der Waals surface area contributed by atoms with Crippen molar-refractivity contribution >= 4 is 23.4 Å². The van der Waals surface area contributed by atoms with Gasteiger partial charge in [-0.05, 0) is 12.5 Å². The number of ether oxygens (including phenoxy) is 2. The number of ketones is 1. The van der Waals surface area contributed by atoms with E-state index in [4.69, 9.17) is 9.47 Å². The van der Waals surface area contributed by atoms with Crippen molar-refractivity contribution in [3.05, 3.63) is 39.9 Å². The summed E-state index contributed by atoms with van der Waals surface area (Å²) in [5.41, 5.74) is -1.87. The van der Waals surface area contributed by atoms with Gasteiger partial charge in [-0.25, -0.2) is 0 Å². The van der Waals surface area contributed by atoms with Crippen LogP contribution in [0, 0.1) is 22.0 Å². The Balaban J connectivity index is 2.69. The van der Waals surface area contributed by atoms with E-state index in [0.717, 1.165) is 14.2 Å². The predicted octanol–water partition coefficient (Wildman–Crippen LogP) is 0.981. The summed E-state index contributed by atoms with van der Waals surface area (Å²) in [4.78, 5) is 47.6. The van der Waals surface area contributed by atoms with Crippen molar-refractivity contribution in [1.29, 1.82) is 0 Å². The topological polar surface area (TPSA) is 133 Å². The number of nitro benzene ring substituents is 1. The minimum absolute atomic E-state index is 0.193. The number of rotatable bonds is 4. The van der Waals surface area contributed by atoms with Gasteiger partial charge in [0.2, 0.25) is 0 Å². The lowest BCUT2D eigenvalue weighted by atomic mass is 9.61. The molecule has 1 N–H and O–H groups in total. The average molecular weight is 365 g/mol. The summed E-state index contributed by atoms with van der Waals surface area (Å²) in [6, 6.07) is 5.25. The number of nitro groups is 1. The van der Waals surface area contributed by atoms with Gasteiger partial charge in [-0.2, -0.15) is 0 Å². The molecule has 4 atom stereocenters. The summed E-state index contributed by atoms with van der Waals surface area (Å²) in [5, 5.41) is 21.8. The molecule has 2 rings (SSSR count). The molecular formula is C17H19NO8. The minimum Gasteiger partial charge on any atom is -0.469 e. The molecule has 1 aliphatic rings. The first kappa shape index (κ1) is 19.5. The summed E-state index contributed by atoms with van der Waals surface area (Å²) in [6.45, 7) is 1.30. The van der Waals surface area contributed by atoms with Gasteiger partial charge in [-0.15, -0.1) is 0 Å². The fraction of sp³-hybridized carbons (Fsp3) is 0.471. The fourth-order valence-electron chi connectivity index (χ4n) is 3.52. The Kier molecular flexibility index (Phi) is 5.41. The van der Waals surface area contributed by atoms with Crippen LogP contribution in [0.25, 0.3) is 0 Å². The molecule has 0 aromatic heterocycles. The van der Waals surface area contributed by atoms with Gasteiger partial charge in [0.05, 0.1) is 30.7 Å². The molecule has 0 unspecified atom stereocenters. The van der Waals surface area contributed by atoms with Crippen LogP contribution in [0.3, 0.4) is 0 Å². The SMILES string of the molecule is COC(=O)[C@@H]1C(=O)C[C@@](C)(O)[C@@H](C(=O)OC)[C@@H]1c1cccc([N+](=O)[O-])c1. The molecule has 0 radical (unpaired) electrons. The quantitative estimate of drug-likeness (QED) is 0.361. The highest BCUT2D eigenvalue weighted by molar-refractivity contribution is 6.02. The zero-order valence-electron chi connectivity index (χ0n) is 14.5. The first-order valence-corrected chi connectivity index (χ1v) is 7.79. The lowest BCUT2D eigenvalue weighted by molar-refractivity contribution is -0.385. The average Bonchev–Trinajstić information content (AvgIpc) is 2.59. The van der Waals surface area contributed by atoms with E-state index in [0.29, 0.717) is 0 Å². The first-order chi connectivity index (χ1) is 12.1. The van der Waals surface area contributed by atoms with Crippen molar-refractivity contribution in [2.45, 2.75) is 24.9 Å². The molecule has 0 spiro atoms. The smallest absolute Gasteiger partial charge is 0.316 e. The molecule has 0 amide bonds. The second-order valence-electron chi connectivity index (χ2n) is 6.38. The summed E-state index contributed by atoms with van der Waals surface area (Å²) < 4.78 is 9.45. The first-order valence-electron chi connectivity index (χ1n) is 7.79. The molecule has 1 aromatic carbocycles. The van der Waals surface area contributed by atoms with Gasteiger partial charge in [-0.3, -0.25) is 24.5 Å². The van der Waals surface area contributed by atoms with Crippen LogP contribution in [0.1, 0.15) is 24.8 Å². The number of hydrogen-bond acceptors (Lipinski definition) is 8. The van der Waals surface area contributed by atoms with Gasteiger partial charge in [-0.1, -0.05) is 12.1 Å². The molecule has 9 heteroatoms. The fourth-order valence-corrected chi connectivity index (χ4v) is 3.52. The maximum Gasteiger partial charge on any atom is 0.316 e. The van der Waals surface area contributed by atoms with E-state index < -0.39 is 52.4 Å². The molecule has 0 heterocycles. The van der Waals surface area contributed by atoms with E-state index in [9.17, 15) is 29.6 Å². The zero-order chi connectivity index (χ0) is 19.6. The van der Waals surface area contributed by atoms with Crippen LogP contribution in [0.5, 0.6) is 0 Å². The van der Waals surface area contributed by atoms with E-state index in [2.05, 4.69) is 0 Å². The Morgan fingerprint density at radius 3 is 2.42 bits per heavy atom. The maximum atomic E-state index is 12.5. The third-order valence-electron chi connectivity index (χ3n) is 4.64. The third-order valence-corrected chi connectivity index (χ3v) is 4.64. The second kappa shape index (κ2) is 7.20. The Bertz CT molecular complexity index is 757. The molecular weight excluding hydrogens is 346 g/mol. The van der Waals surface area contributed by atoms with E-state index >= 15 is 0 Å². The number of non-ortho nitro benzene ring substituents is 1. The molecule has 0 bridgehead atoms. The number of carbonyl (C=O) groups excluding carboxylic acids is 3. The van der Waals surface area contributed by atoms with Crippen molar-refractivity contribution in [3.8, 4) is 0 Å². The van der Waals surface area contributed by atoms with Crippen LogP contribution in [0.4, 0.5) is 5.69 Å². The zero-order valence-corrected chi connectivity index (χ0v) is 14.5. The molecule has 140 valence electrons. The number of methoxy groups -OCH3 is 2. The van der Waals surface area contributed by atoms with Crippen molar-refractivity contribution in [1.82, 2.24) is 0 Å². The predicted molar refractivity (Wildman–Crippen MR) is 87.1 cm³/mol. The van der Waals surface area contributed by atoms with Crippen LogP contribution in [-0.4, -0.2) is 47.6 Å². The third kappa shape index (κ3) is 3.43. The van der Waals surface area contributed by atoms with Crippen LogP contribution < -0.4 is 0 Å². The van der Waals surface area contributed by atoms with Gasteiger partial charge >= 0.3 is 11.9 Å². The largest absolute Gasteiger partial charge is 0.469 e. The highest BCUT2D eigenvalue weighted by Crippen LogP contribution is 2.47. The molecule has 0 aliphatic heterocycles. The number of esters is 2. The molecule has 0 saturated heterocycles. The van der Waals surface area contributed by atoms with E-state index in [1.165, 1.54) is 31.2 Å². The van der Waals surface area contributed by atoms with Crippen molar-refractivity contribution in [3.63, 3.8) is 0 Å². The van der Waals surface area contributed by atoms with Crippen LogP contribution in [0.15, 0.2) is 24.3 Å². The molecule has 1 saturated carbocycles. The van der Waals surface area contributed by atoms with E-state index in [1.54, 1.807) is 0 Å². The normalized spacial score (nSPS) is 28.3. The summed E-state index contributed by atoms with van der Waals surface area (Å²) in [7, 11) is 2.21. The van der Waals surface area contributed by atoms with Gasteiger partial charge in [0.25, 0.3) is 5.69 Å². The van der Waals surface area contributed by atoms with Crippen LogP contribution in [-0.2, 0) is 23.9 Å². The summed E-state index contributed by atoms with van der Waals surface area (Å²) in [6.07, 6.45) is -0.446. The maximum absolute atomic E-state index is 12.5. The summed E-state index contributed by atoms with van der Waals surface area (Å²) >= 11 is 0. The number of hydrogen-bond donors (Lipinski definition) is 1. The standard InChI is InChI=1S/C17H19NO8/c1-17(22)8-11(19)13(15(20)25-2)12(14(17)16(21)26-3)9-5-4-6-10(7-9)18(23)24/h4-7,12-14,22H,8H2,1-3H3/t12-,13-,14-,17-/m1/s1.